The maximum atomic E-state index is 12.8. The van der Waals surface area contributed by atoms with Crippen molar-refractivity contribution in [1.29, 1.82) is 0 Å². The van der Waals surface area contributed by atoms with Gasteiger partial charge in [-0.1, -0.05) is 0 Å². The number of nitrogens with zero attached hydrogens (tertiary/aromatic N) is 1. The Morgan fingerprint density at radius 3 is 2.58 bits per heavy atom. The molecule has 12 heavy (non-hydrogen) atoms. The molecule has 0 amide bonds. The molecular formula is C6H11F2NO2S. The Bertz CT molecular complexity index is 263. The molecule has 1 fully saturated rings. The van der Waals surface area contributed by atoms with Crippen LogP contribution in [-0.4, -0.2) is 50.9 Å². The van der Waals surface area contributed by atoms with Gasteiger partial charge in [-0.15, -0.1) is 0 Å². The van der Waals surface area contributed by atoms with Gasteiger partial charge in [0.15, 0.2) is 9.84 Å². The average Bonchev–Trinajstić information content (AvgIpc) is 1.86. The Labute approximate surface area is 70.3 Å². The van der Waals surface area contributed by atoms with Gasteiger partial charge < -0.3 is 0 Å². The van der Waals surface area contributed by atoms with Crippen molar-refractivity contribution in [1.82, 2.24) is 4.90 Å². The van der Waals surface area contributed by atoms with E-state index in [0.29, 0.717) is 0 Å². The molecule has 1 rings (SSSR count). The van der Waals surface area contributed by atoms with Gasteiger partial charge in [0.2, 0.25) is 0 Å². The molecule has 0 unspecified atom stereocenters. The minimum Gasteiger partial charge on any atom is -0.300 e. The minimum atomic E-state index is -3.55. The number of hydrogen-bond donors (Lipinski definition) is 0. The first kappa shape index (κ1) is 9.85. The first-order chi connectivity index (χ1) is 5.31. The largest absolute Gasteiger partial charge is 0.300 e. The van der Waals surface area contributed by atoms with Crippen molar-refractivity contribution >= 4 is 9.84 Å². The zero-order chi connectivity index (χ0) is 9.41. The second-order valence-corrected chi connectivity index (χ2v) is 5.37. The molecule has 0 aromatic rings. The van der Waals surface area contributed by atoms with E-state index in [1.807, 2.05) is 0 Å². The maximum absolute atomic E-state index is 12.8. The lowest BCUT2D eigenvalue weighted by Gasteiger charge is -2.17. The minimum absolute atomic E-state index is 0.168. The van der Waals surface area contributed by atoms with Gasteiger partial charge >= 0.3 is 0 Å². The van der Waals surface area contributed by atoms with Crippen molar-refractivity contribution in [3.8, 4) is 0 Å². The quantitative estimate of drug-likeness (QED) is 0.550. The molecule has 1 heterocycles. The fourth-order valence-electron chi connectivity index (χ4n) is 1.21. The lowest BCUT2D eigenvalue weighted by molar-refractivity contribution is -0.0000849. The molecule has 72 valence electrons. The number of halogens is 2. The standard InChI is InChI=1S/C6H11F2NO2S/c1-9-2-3-12(10,11)5-6(7,8)4-9/h2-5H2,1H3. The normalized spacial score (nSPS) is 29.6. The summed E-state index contributed by atoms with van der Waals surface area (Å²) >= 11 is 0. The Balaban J connectivity index is 2.84. The smallest absolute Gasteiger partial charge is 0.274 e. The Kier molecular flexibility index (Phi) is 2.40. The summed E-state index contributed by atoms with van der Waals surface area (Å²) in [4.78, 5) is 1.34. The molecular weight excluding hydrogens is 188 g/mol. The maximum Gasteiger partial charge on any atom is 0.274 e. The van der Waals surface area contributed by atoms with Crippen molar-refractivity contribution in [2.45, 2.75) is 5.92 Å². The third-order valence-electron chi connectivity index (χ3n) is 1.72. The van der Waals surface area contributed by atoms with Crippen LogP contribution in [0.2, 0.25) is 0 Å². The van der Waals surface area contributed by atoms with Crippen LogP contribution in [0.15, 0.2) is 0 Å². The zero-order valence-corrected chi connectivity index (χ0v) is 7.57. The predicted molar refractivity (Wildman–Crippen MR) is 41.1 cm³/mol. The van der Waals surface area contributed by atoms with Crippen LogP contribution >= 0.6 is 0 Å². The predicted octanol–water partition coefficient (Wildman–Crippen LogP) is -0.0181. The summed E-state index contributed by atoms with van der Waals surface area (Å²) in [5.74, 6) is -4.27. The summed E-state index contributed by atoms with van der Waals surface area (Å²) in [6, 6.07) is 0. The monoisotopic (exact) mass is 199 g/mol. The van der Waals surface area contributed by atoms with E-state index >= 15 is 0 Å². The molecule has 1 saturated heterocycles. The Hall–Kier alpha value is -0.230. The zero-order valence-electron chi connectivity index (χ0n) is 6.76. The van der Waals surface area contributed by atoms with Crippen LogP contribution in [0.3, 0.4) is 0 Å². The summed E-state index contributed by atoms with van der Waals surface area (Å²) in [7, 11) is -2.06. The molecule has 0 aromatic heterocycles. The lowest BCUT2D eigenvalue weighted by Crippen LogP contribution is -2.35. The van der Waals surface area contributed by atoms with Gasteiger partial charge in [0.1, 0.15) is 5.75 Å². The summed E-state index contributed by atoms with van der Waals surface area (Å²) in [6.07, 6.45) is 0. The van der Waals surface area contributed by atoms with Crippen LogP contribution in [0.5, 0.6) is 0 Å². The van der Waals surface area contributed by atoms with Crippen LogP contribution in [-0.2, 0) is 9.84 Å². The molecule has 0 atom stereocenters. The molecule has 0 bridgehead atoms. The van der Waals surface area contributed by atoms with Crippen LogP contribution < -0.4 is 0 Å². The van der Waals surface area contributed by atoms with Gasteiger partial charge in [0.25, 0.3) is 5.92 Å². The van der Waals surface area contributed by atoms with E-state index in [9.17, 15) is 17.2 Å². The van der Waals surface area contributed by atoms with Crippen molar-refractivity contribution in [2.24, 2.45) is 0 Å². The van der Waals surface area contributed by atoms with E-state index in [4.69, 9.17) is 0 Å². The van der Waals surface area contributed by atoms with Gasteiger partial charge in [-0.3, -0.25) is 4.90 Å². The van der Waals surface area contributed by atoms with Gasteiger partial charge in [-0.2, -0.15) is 0 Å². The van der Waals surface area contributed by atoms with Crippen LogP contribution in [0.4, 0.5) is 8.78 Å². The molecule has 1 aliphatic heterocycles. The number of sulfone groups is 1. The van der Waals surface area contributed by atoms with Crippen LogP contribution in [0, 0.1) is 0 Å². The average molecular weight is 199 g/mol. The summed E-state index contributed by atoms with van der Waals surface area (Å²) in [6.45, 7) is -0.274. The first-order valence-electron chi connectivity index (χ1n) is 3.58. The van der Waals surface area contributed by atoms with Gasteiger partial charge in [-0.25, -0.2) is 17.2 Å². The highest BCUT2D eigenvalue weighted by molar-refractivity contribution is 7.91. The topological polar surface area (TPSA) is 37.4 Å². The fourth-order valence-corrected chi connectivity index (χ4v) is 2.68. The summed E-state index contributed by atoms with van der Waals surface area (Å²) in [5.41, 5.74) is 0. The molecule has 0 spiro atoms. The van der Waals surface area contributed by atoms with E-state index in [1.165, 1.54) is 11.9 Å². The highest BCUT2D eigenvalue weighted by Gasteiger charge is 2.39. The summed E-state index contributed by atoms with van der Waals surface area (Å²) in [5, 5.41) is 0. The first-order valence-corrected chi connectivity index (χ1v) is 5.40. The molecule has 1 aliphatic rings. The molecule has 0 radical (unpaired) electrons. The highest BCUT2D eigenvalue weighted by Crippen LogP contribution is 2.20. The molecule has 0 aromatic carbocycles. The molecule has 3 nitrogen and oxygen atoms in total. The van der Waals surface area contributed by atoms with Gasteiger partial charge in [0.05, 0.1) is 12.3 Å². The number of hydrogen-bond acceptors (Lipinski definition) is 3. The third kappa shape index (κ3) is 2.67. The molecule has 0 aliphatic carbocycles. The second-order valence-electron chi connectivity index (χ2n) is 3.19. The molecule has 0 saturated carbocycles. The van der Waals surface area contributed by atoms with E-state index in [1.54, 1.807) is 0 Å². The SMILES string of the molecule is CN1CCS(=O)(=O)CC(F)(F)C1. The van der Waals surface area contributed by atoms with Crippen molar-refractivity contribution in [3.63, 3.8) is 0 Å². The molecule has 0 N–H and O–H groups in total. The van der Waals surface area contributed by atoms with Crippen molar-refractivity contribution < 1.29 is 17.2 Å². The Morgan fingerprint density at radius 1 is 1.42 bits per heavy atom. The number of rotatable bonds is 0. The van der Waals surface area contributed by atoms with Crippen molar-refractivity contribution in [2.75, 3.05) is 31.6 Å². The third-order valence-corrected chi connectivity index (χ3v) is 3.38. The lowest BCUT2D eigenvalue weighted by atomic mass is 10.3. The highest BCUT2D eigenvalue weighted by atomic mass is 32.2. The Morgan fingerprint density at radius 2 is 2.00 bits per heavy atom. The van der Waals surface area contributed by atoms with Crippen molar-refractivity contribution in [3.05, 3.63) is 0 Å². The fraction of sp³-hybridized carbons (Fsp3) is 1.00. The molecule has 6 heteroatoms. The van der Waals surface area contributed by atoms with Gasteiger partial charge in [-0.05, 0) is 7.05 Å². The number of alkyl halides is 2. The van der Waals surface area contributed by atoms with E-state index in [0.717, 1.165) is 0 Å². The second kappa shape index (κ2) is 2.92. The van der Waals surface area contributed by atoms with Crippen LogP contribution in [0.25, 0.3) is 0 Å². The van der Waals surface area contributed by atoms with Gasteiger partial charge in [0, 0.05) is 6.54 Å². The van der Waals surface area contributed by atoms with Crippen LogP contribution in [0.1, 0.15) is 0 Å². The van der Waals surface area contributed by atoms with E-state index in [2.05, 4.69) is 0 Å². The van der Waals surface area contributed by atoms with E-state index in [-0.39, 0.29) is 12.3 Å². The summed E-state index contributed by atoms with van der Waals surface area (Å²) < 4.78 is 47.4. The van der Waals surface area contributed by atoms with E-state index < -0.39 is 28.1 Å².